The van der Waals surface area contributed by atoms with E-state index in [1.165, 1.54) is 57.8 Å². The molecular formula is C68H111NO8. The van der Waals surface area contributed by atoms with E-state index in [1.54, 1.807) is 0 Å². The Labute approximate surface area is 471 Å². The molecule has 0 saturated carbocycles. The maximum absolute atomic E-state index is 12.9. The highest BCUT2D eigenvalue weighted by Gasteiger charge is 2.22. The van der Waals surface area contributed by atoms with Crippen LogP contribution in [0.5, 0.6) is 0 Å². The van der Waals surface area contributed by atoms with Crippen LogP contribution in [-0.2, 0) is 33.3 Å². The second-order valence-corrected chi connectivity index (χ2v) is 20.9. The van der Waals surface area contributed by atoms with Crippen LogP contribution in [-0.4, -0.2) is 82.3 Å². The molecule has 0 fully saturated rings. The minimum Gasteiger partial charge on any atom is -0.545 e. The Balaban J connectivity index is 4.18. The third-order valence-corrected chi connectivity index (χ3v) is 12.4. The summed E-state index contributed by atoms with van der Waals surface area (Å²) in [7, 11) is 5.90. The smallest absolute Gasteiger partial charge is 0.306 e. The Bertz CT molecular complexity index is 1720. The second-order valence-electron chi connectivity index (χ2n) is 20.9. The maximum Gasteiger partial charge on any atom is 0.306 e. The number of ether oxygens (including phenoxy) is 4. The van der Waals surface area contributed by atoms with Crippen LogP contribution in [0.3, 0.4) is 0 Å². The number of esters is 2. The number of unbranched alkanes of at least 4 members (excludes halogenated alkanes) is 17. The van der Waals surface area contributed by atoms with Crippen molar-refractivity contribution in [1.29, 1.82) is 0 Å². The number of quaternary nitrogens is 1. The lowest BCUT2D eigenvalue weighted by Gasteiger charge is -2.26. The van der Waals surface area contributed by atoms with E-state index >= 15 is 0 Å². The molecule has 0 bridgehead atoms. The van der Waals surface area contributed by atoms with Crippen LogP contribution in [0.2, 0.25) is 0 Å². The molecule has 0 aliphatic rings. The zero-order valence-electron chi connectivity index (χ0n) is 49.5. The number of rotatable bonds is 54. The Morgan fingerprint density at radius 3 is 1.12 bits per heavy atom. The molecule has 9 nitrogen and oxygen atoms in total. The van der Waals surface area contributed by atoms with Crippen LogP contribution in [0.15, 0.2) is 134 Å². The molecule has 0 aromatic carbocycles. The van der Waals surface area contributed by atoms with E-state index in [9.17, 15) is 19.5 Å². The summed E-state index contributed by atoms with van der Waals surface area (Å²) in [5.41, 5.74) is 0. The molecule has 0 rings (SSSR count). The highest BCUT2D eigenvalue weighted by Crippen LogP contribution is 2.14. The van der Waals surface area contributed by atoms with E-state index in [1.807, 2.05) is 21.1 Å². The number of hydrogen-bond acceptors (Lipinski definition) is 8. The fraction of sp³-hybridized carbons (Fsp3) is 0.632. The van der Waals surface area contributed by atoms with Crippen molar-refractivity contribution in [3.05, 3.63) is 134 Å². The Morgan fingerprint density at radius 1 is 0.403 bits per heavy atom. The van der Waals surface area contributed by atoms with Crippen molar-refractivity contribution in [3.63, 3.8) is 0 Å². The molecule has 0 amide bonds. The Hall–Kier alpha value is -4.57. The van der Waals surface area contributed by atoms with Crippen LogP contribution in [0.4, 0.5) is 0 Å². The number of hydrogen-bond donors (Lipinski definition) is 0. The maximum atomic E-state index is 12.9. The summed E-state index contributed by atoms with van der Waals surface area (Å²) in [6.07, 6.45) is 79.4. The number of nitrogens with zero attached hydrogens (tertiary/aromatic N) is 1. The average Bonchev–Trinajstić information content (AvgIpc) is 3.40. The first kappa shape index (κ1) is 72.4. The molecule has 0 N–H and O–H groups in total. The van der Waals surface area contributed by atoms with Crippen molar-refractivity contribution >= 4 is 17.9 Å². The second kappa shape index (κ2) is 57.6. The molecule has 9 heteroatoms. The lowest BCUT2D eigenvalue weighted by Crippen LogP contribution is -2.44. The fourth-order valence-electron chi connectivity index (χ4n) is 7.73. The summed E-state index contributed by atoms with van der Waals surface area (Å²) in [5.74, 6) is -2.32. The van der Waals surface area contributed by atoms with Gasteiger partial charge in [0.2, 0.25) is 0 Å². The van der Waals surface area contributed by atoms with E-state index in [-0.39, 0.29) is 38.6 Å². The first-order chi connectivity index (χ1) is 37.6. The van der Waals surface area contributed by atoms with Crippen LogP contribution in [0.1, 0.15) is 219 Å². The fourth-order valence-corrected chi connectivity index (χ4v) is 7.73. The highest BCUT2D eigenvalue weighted by atomic mass is 16.7. The van der Waals surface area contributed by atoms with Gasteiger partial charge in [0.1, 0.15) is 13.2 Å². The number of carbonyl (C=O) groups excluding carboxylic acids is 3. The molecule has 2 unspecified atom stereocenters. The summed E-state index contributed by atoms with van der Waals surface area (Å²) >= 11 is 0. The minimum absolute atomic E-state index is 0.138. The Morgan fingerprint density at radius 2 is 0.740 bits per heavy atom. The predicted molar refractivity (Wildman–Crippen MR) is 324 cm³/mol. The molecule has 0 spiro atoms. The van der Waals surface area contributed by atoms with E-state index < -0.39 is 24.3 Å². The van der Waals surface area contributed by atoms with Crippen molar-refractivity contribution in [2.24, 2.45) is 0 Å². The lowest BCUT2D eigenvalue weighted by molar-refractivity contribution is -0.870. The first-order valence-electron chi connectivity index (χ1n) is 30.3. The van der Waals surface area contributed by atoms with Crippen molar-refractivity contribution in [2.75, 3.05) is 47.5 Å². The van der Waals surface area contributed by atoms with Gasteiger partial charge in [-0.25, -0.2) is 0 Å². The molecule has 0 radical (unpaired) electrons. The first-order valence-corrected chi connectivity index (χ1v) is 30.3. The number of carboxylic acids is 1. The van der Waals surface area contributed by atoms with Gasteiger partial charge >= 0.3 is 11.9 Å². The topological polar surface area (TPSA) is 111 Å². The lowest BCUT2D eigenvalue weighted by atomic mass is 10.1. The zero-order valence-corrected chi connectivity index (χ0v) is 49.5. The number of carbonyl (C=O) groups is 3. The normalized spacial score (nSPS) is 13.7. The average molecular weight is 1070 g/mol. The molecule has 0 aromatic heterocycles. The van der Waals surface area contributed by atoms with Crippen LogP contribution < -0.4 is 5.11 Å². The molecule has 0 saturated heterocycles. The van der Waals surface area contributed by atoms with Gasteiger partial charge < -0.3 is 33.3 Å². The van der Waals surface area contributed by atoms with Gasteiger partial charge in [0.25, 0.3) is 0 Å². The van der Waals surface area contributed by atoms with Crippen molar-refractivity contribution in [1.82, 2.24) is 0 Å². The van der Waals surface area contributed by atoms with E-state index in [2.05, 4.69) is 148 Å². The molecule has 0 aliphatic carbocycles. The van der Waals surface area contributed by atoms with Gasteiger partial charge in [-0.3, -0.25) is 9.59 Å². The van der Waals surface area contributed by atoms with Crippen molar-refractivity contribution in [2.45, 2.75) is 232 Å². The standard InChI is InChI=1S/C68H111NO8/c1-6-8-10-12-14-16-18-20-21-22-23-24-25-26-27-28-29-30-31-32-33-34-35-36-37-38-39-40-41-42-43-44-45-47-49-51-53-55-57-59-66(71)77-64(63-76-68(67(72)73)74-61-60-69(3,4)5)62-75-65(70)58-56-54-52-50-48-46-19-17-15-13-11-9-7-2/h8,10,14,16-17,19-21,23-24,26-27,29-30,32-33,35-36,38-39,41-42,64,68H,6-7,9,11-13,15,18,22,25,28,31,34,37,40,43-63H2,1-5H3/b10-8-,16-14-,19-17-,21-20-,24-23-,27-26-,30-29-,33-32-,36-35-,39-38-,42-41-. The molecule has 0 heterocycles. The Kier molecular flexibility index (Phi) is 54.2. The molecule has 77 heavy (non-hydrogen) atoms. The van der Waals surface area contributed by atoms with Gasteiger partial charge in [-0.05, 0) is 116 Å². The van der Waals surface area contributed by atoms with Gasteiger partial charge in [-0.15, -0.1) is 0 Å². The molecule has 2 atom stereocenters. The number of aliphatic carboxylic acids is 1. The number of likely N-dealkylation sites (N-methyl/N-ethyl adjacent to an activating group) is 1. The zero-order chi connectivity index (χ0) is 56.2. The molecular weight excluding hydrogens is 959 g/mol. The van der Waals surface area contributed by atoms with Crippen LogP contribution in [0, 0.1) is 0 Å². The SMILES string of the molecule is CC/C=C\C/C=C\C/C=C\C/C=C\C/C=C\C/C=C\C/C=C\C/C=C\C/C=C\C/C=C\CCCCCCCCCCC(=O)OC(COC(=O)CCCCCCC/C=C\CCCCCC)COC(OCC[N+](C)(C)C)C(=O)[O-]. The third kappa shape index (κ3) is 58.9. The van der Waals surface area contributed by atoms with Crippen molar-refractivity contribution in [3.8, 4) is 0 Å². The summed E-state index contributed by atoms with van der Waals surface area (Å²) in [6, 6.07) is 0. The van der Waals surface area contributed by atoms with Crippen LogP contribution >= 0.6 is 0 Å². The van der Waals surface area contributed by atoms with Crippen molar-refractivity contribution < 1.29 is 42.9 Å². The van der Waals surface area contributed by atoms with E-state index in [0.29, 0.717) is 17.4 Å². The van der Waals surface area contributed by atoms with Gasteiger partial charge in [0.05, 0.1) is 40.3 Å². The summed E-state index contributed by atoms with van der Waals surface area (Å²) in [6.45, 7) is 4.57. The molecule has 436 valence electrons. The number of allylic oxidation sites excluding steroid dienone is 22. The monoisotopic (exact) mass is 1070 g/mol. The largest absolute Gasteiger partial charge is 0.545 e. The summed E-state index contributed by atoms with van der Waals surface area (Å²) < 4.78 is 22.6. The van der Waals surface area contributed by atoms with Gasteiger partial charge in [-0.1, -0.05) is 225 Å². The van der Waals surface area contributed by atoms with Crippen LogP contribution in [0.25, 0.3) is 0 Å². The van der Waals surface area contributed by atoms with Gasteiger partial charge in [0.15, 0.2) is 12.4 Å². The quantitative estimate of drug-likeness (QED) is 0.0195. The number of carboxylic acid groups (broad SMARTS) is 1. The summed E-state index contributed by atoms with van der Waals surface area (Å²) in [5, 5.41) is 11.8. The van der Waals surface area contributed by atoms with E-state index in [0.717, 1.165) is 128 Å². The molecule has 0 aromatic rings. The van der Waals surface area contributed by atoms with Gasteiger partial charge in [0, 0.05) is 12.8 Å². The third-order valence-electron chi connectivity index (χ3n) is 12.4. The van der Waals surface area contributed by atoms with E-state index in [4.69, 9.17) is 18.9 Å². The van der Waals surface area contributed by atoms with Gasteiger partial charge in [-0.2, -0.15) is 0 Å². The predicted octanol–water partition coefficient (Wildman–Crippen LogP) is 16.9. The molecule has 0 aliphatic heterocycles. The summed E-state index contributed by atoms with van der Waals surface area (Å²) in [4.78, 5) is 37.2. The minimum atomic E-state index is -1.63. The highest BCUT2D eigenvalue weighted by molar-refractivity contribution is 5.70.